The zero-order valence-corrected chi connectivity index (χ0v) is 15.5. The average Bonchev–Trinajstić information content (AvgIpc) is 3.25. The average molecular weight is 366 g/mol. The summed E-state index contributed by atoms with van der Waals surface area (Å²) in [5.41, 5.74) is 2.61. The second kappa shape index (κ2) is 6.94. The Hall–Kier alpha value is -3.03. The normalized spacial score (nSPS) is 17.0. The highest BCUT2D eigenvalue weighted by Crippen LogP contribution is 2.21. The molecule has 3 aromatic rings. The molecule has 1 aliphatic heterocycles. The summed E-state index contributed by atoms with van der Waals surface area (Å²) >= 11 is 0. The molecule has 1 amide bonds. The maximum atomic E-state index is 12.8. The third-order valence-corrected chi connectivity index (χ3v) is 5.05. The number of carbonyl (C=O) groups excluding carboxylic acids is 1. The zero-order chi connectivity index (χ0) is 19.0. The van der Waals surface area contributed by atoms with Crippen LogP contribution < -0.4 is 5.56 Å². The van der Waals surface area contributed by atoms with E-state index in [0.717, 1.165) is 24.9 Å². The maximum absolute atomic E-state index is 12.8. The summed E-state index contributed by atoms with van der Waals surface area (Å²) in [4.78, 5) is 33.7. The lowest BCUT2D eigenvalue weighted by Crippen LogP contribution is -2.39. The second-order valence-electron chi connectivity index (χ2n) is 7.14. The molecule has 1 fully saturated rings. The van der Waals surface area contributed by atoms with Gasteiger partial charge >= 0.3 is 0 Å². The minimum Gasteiger partial charge on any atom is -0.338 e. The summed E-state index contributed by atoms with van der Waals surface area (Å²) in [5, 5.41) is 8.04. The summed E-state index contributed by atoms with van der Waals surface area (Å²) in [6.07, 6.45) is 2.26. The molecule has 27 heavy (non-hydrogen) atoms. The highest BCUT2D eigenvalue weighted by molar-refractivity contribution is 5.79. The van der Waals surface area contributed by atoms with Crippen molar-refractivity contribution in [3.63, 3.8) is 0 Å². The van der Waals surface area contributed by atoms with Crippen LogP contribution in [0.2, 0.25) is 0 Å². The van der Waals surface area contributed by atoms with Crippen LogP contribution in [0.4, 0.5) is 0 Å². The number of H-pyrrole nitrogens is 1. The molecule has 1 aliphatic rings. The Morgan fingerprint density at radius 1 is 1.26 bits per heavy atom. The molecule has 0 bridgehead atoms. The van der Waals surface area contributed by atoms with E-state index in [1.165, 1.54) is 5.56 Å². The van der Waals surface area contributed by atoms with Crippen molar-refractivity contribution in [2.75, 3.05) is 6.54 Å². The molecule has 3 heterocycles. The number of aromatic amines is 1. The maximum Gasteiger partial charge on any atom is 0.281 e. The predicted octanol–water partition coefficient (Wildman–Crippen LogP) is 1.37. The van der Waals surface area contributed by atoms with Gasteiger partial charge in [0.2, 0.25) is 5.91 Å². The van der Waals surface area contributed by atoms with E-state index >= 15 is 0 Å². The highest BCUT2D eigenvalue weighted by Gasteiger charge is 2.30. The van der Waals surface area contributed by atoms with Crippen LogP contribution >= 0.6 is 0 Å². The van der Waals surface area contributed by atoms with Gasteiger partial charge in [-0.1, -0.05) is 35.0 Å². The molecule has 4 rings (SSSR count). The summed E-state index contributed by atoms with van der Waals surface area (Å²) in [7, 11) is 0. The van der Waals surface area contributed by atoms with Crippen LogP contribution in [0, 0.1) is 13.8 Å². The van der Waals surface area contributed by atoms with Crippen LogP contribution in [0.5, 0.6) is 0 Å². The molecule has 1 saturated heterocycles. The first-order valence-electron chi connectivity index (χ1n) is 9.16. The predicted molar refractivity (Wildman–Crippen MR) is 100 cm³/mol. The molecule has 0 radical (unpaired) electrons. The van der Waals surface area contributed by atoms with E-state index in [-0.39, 0.29) is 23.0 Å². The highest BCUT2D eigenvalue weighted by atomic mass is 16.2. The number of nitrogens with zero attached hydrogens (tertiary/aromatic N) is 5. The van der Waals surface area contributed by atoms with Crippen LogP contribution in [0.1, 0.15) is 29.8 Å². The van der Waals surface area contributed by atoms with Crippen molar-refractivity contribution < 1.29 is 4.79 Å². The molecule has 0 aliphatic carbocycles. The van der Waals surface area contributed by atoms with Gasteiger partial charge in [0.1, 0.15) is 5.82 Å². The summed E-state index contributed by atoms with van der Waals surface area (Å²) in [6, 6.07) is 8.09. The van der Waals surface area contributed by atoms with Crippen molar-refractivity contribution in [3.05, 3.63) is 51.6 Å². The first-order chi connectivity index (χ1) is 13.0. The van der Waals surface area contributed by atoms with Crippen molar-refractivity contribution >= 4 is 17.1 Å². The quantitative estimate of drug-likeness (QED) is 0.752. The van der Waals surface area contributed by atoms with Gasteiger partial charge in [-0.15, -0.1) is 5.10 Å². The fourth-order valence-corrected chi connectivity index (χ4v) is 3.63. The number of aryl methyl sites for hydroxylation is 2. The number of hydrogen-bond donors (Lipinski definition) is 1. The third kappa shape index (κ3) is 3.47. The van der Waals surface area contributed by atoms with Gasteiger partial charge < -0.3 is 9.88 Å². The summed E-state index contributed by atoms with van der Waals surface area (Å²) in [5.74, 6) is 0.641. The Labute approximate surface area is 156 Å². The molecular formula is C19H22N6O2. The van der Waals surface area contributed by atoms with Crippen LogP contribution in [0.25, 0.3) is 11.2 Å². The topological polar surface area (TPSA) is 96.8 Å². The minimum atomic E-state index is -0.289. The number of aromatic nitrogens is 5. The molecular weight excluding hydrogens is 344 g/mol. The molecule has 1 N–H and O–H groups in total. The Balaban J connectivity index is 1.52. The van der Waals surface area contributed by atoms with Crippen molar-refractivity contribution in [1.82, 2.24) is 29.9 Å². The number of nitrogens with one attached hydrogen (secondary N) is 1. The lowest BCUT2D eigenvalue weighted by Gasteiger charge is -2.24. The van der Waals surface area contributed by atoms with Crippen LogP contribution in [-0.4, -0.2) is 48.4 Å². The van der Waals surface area contributed by atoms with Gasteiger partial charge in [-0.2, -0.15) is 0 Å². The molecule has 1 atom stereocenters. The van der Waals surface area contributed by atoms with Crippen LogP contribution in [0.15, 0.2) is 29.1 Å². The van der Waals surface area contributed by atoms with Gasteiger partial charge in [0.15, 0.2) is 11.2 Å². The Morgan fingerprint density at radius 2 is 2.04 bits per heavy atom. The Morgan fingerprint density at radius 3 is 2.81 bits per heavy atom. The second-order valence-corrected chi connectivity index (χ2v) is 7.14. The summed E-state index contributed by atoms with van der Waals surface area (Å²) < 4.78 is 1.64. The van der Waals surface area contributed by atoms with Gasteiger partial charge in [0, 0.05) is 6.54 Å². The van der Waals surface area contributed by atoms with Gasteiger partial charge in [-0.3, -0.25) is 9.59 Å². The van der Waals surface area contributed by atoms with E-state index in [1.807, 2.05) is 36.1 Å². The van der Waals surface area contributed by atoms with Crippen LogP contribution in [-0.2, 0) is 17.8 Å². The number of hydrogen-bond acceptors (Lipinski definition) is 5. The van der Waals surface area contributed by atoms with E-state index in [4.69, 9.17) is 0 Å². The number of likely N-dealkylation sites (tertiary alicyclic amines) is 1. The lowest BCUT2D eigenvalue weighted by molar-refractivity contribution is -0.131. The van der Waals surface area contributed by atoms with Crippen molar-refractivity contribution in [1.29, 1.82) is 0 Å². The number of amides is 1. The first-order valence-corrected chi connectivity index (χ1v) is 9.16. The third-order valence-electron chi connectivity index (χ3n) is 5.05. The molecule has 2 aromatic heterocycles. The van der Waals surface area contributed by atoms with Crippen molar-refractivity contribution in [2.24, 2.45) is 0 Å². The molecule has 0 unspecified atom stereocenters. The van der Waals surface area contributed by atoms with E-state index in [2.05, 4.69) is 20.3 Å². The number of benzene rings is 1. The van der Waals surface area contributed by atoms with Gasteiger partial charge in [0.25, 0.3) is 5.56 Å². The number of rotatable bonds is 4. The summed E-state index contributed by atoms with van der Waals surface area (Å²) in [6.45, 7) is 5.00. The smallest absolute Gasteiger partial charge is 0.281 e. The van der Waals surface area contributed by atoms with Crippen molar-refractivity contribution in [3.8, 4) is 0 Å². The fourth-order valence-electron chi connectivity index (χ4n) is 3.63. The van der Waals surface area contributed by atoms with E-state index in [9.17, 15) is 9.59 Å². The molecule has 8 nitrogen and oxygen atoms in total. The number of carbonyl (C=O) groups is 1. The number of fused-ring (bicyclic) bond motifs is 1. The van der Waals surface area contributed by atoms with E-state index in [1.54, 1.807) is 11.6 Å². The van der Waals surface area contributed by atoms with Crippen LogP contribution in [0.3, 0.4) is 0 Å². The SMILES string of the molecule is Cc1ccc(CC(=O)N2CCC[C@@H]2Cn2nnc3c(=O)[nH]c(C)nc32)cc1. The van der Waals surface area contributed by atoms with E-state index < -0.39 is 0 Å². The minimum absolute atomic E-state index is 0.0363. The van der Waals surface area contributed by atoms with Gasteiger partial charge in [-0.25, -0.2) is 9.67 Å². The van der Waals surface area contributed by atoms with Gasteiger partial charge in [-0.05, 0) is 32.3 Å². The van der Waals surface area contributed by atoms with Crippen molar-refractivity contribution in [2.45, 2.75) is 45.7 Å². The molecule has 0 saturated carbocycles. The monoisotopic (exact) mass is 366 g/mol. The molecule has 140 valence electrons. The zero-order valence-electron chi connectivity index (χ0n) is 15.5. The lowest BCUT2D eigenvalue weighted by atomic mass is 10.1. The van der Waals surface area contributed by atoms with Gasteiger partial charge in [0.05, 0.1) is 19.0 Å². The standard InChI is InChI=1S/C19H22N6O2/c1-12-5-7-14(8-6-12)10-16(26)24-9-3-4-15(24)11-25-18-17(22-23-25)19(27)21-13(2)20-18/h5-8,15H,3-4,9-11H2,1-2H3,(H,20,21,27)/t15-/m1/s1. The Kier molecular flexibility index (Phi) is 4.47. The molecule has 8 heteroatoms. The first kappa shape index (κ1) is 17.4. The Bertz CT molecular complexity index is 1040. The molecule has 1 aromatic carbocycles. The van der Waals surface area contributed by atoms with E-state index in [0.29, 0.717) is 24.4 Å². The largest absolute Gasteiger partial charge is 0.338 e. The fraction of sp³-hybridized carbons (Fsp3) is 0.421. The molecule has 0 spiro atoms.